The van der Waals surface area contributed by atoms with Crippen LogP contribution in [0.2, 0.25) is 5.02 Å². The van der Waals surface area contributed by atoms with Gasteiger partial charge in [-0.05, 0) is 35.9 Å². The predicted molar refractivity (Wildman–Crippen MR) is 95.0 cm³/mol. The summed E-state index contributed by atoms with van der Waals surface area (Å²) in [6.07, 6.45) is -3.38. The molecule has 0 aromatic heterocycles. The SMILES string of the molecule is O=C(N/N=C\c1ccc(Br)cc1)C(=O)Nc1ccc(Cl)c(C(F)(F)F)c1. The molecule has 2 aromatic carbocycles. The Balaban J connectivity index is 1.99. The van der Waals surface area contributed by atoms with Gasteiger partial charge in [-0.15, -0.1) is 0 Å². The molecule has 0 saturated heterocycles. The number of nitrogens with one attached hydrogen (secondary N) is 2. The number of hydrogen-bond donors (Lipinski definition) is 2. The van der Waals surface area contributed by atoms with Crippen LogP contribution in [0.1, 0.15) is 11.1 Å². The summed E-state index contributed by atoms with van der Waals surface area (Å²) >= 11 is 8.75. The van der Waals surface area contributed by atoms with Gasteiger partial charge in [0.1, 0.15) is 0 Å². The summed E-state index contributed by atoms with van der Waals surface area (Å²) in [5, 5.41) is 5.14. The molecule has 2 amide bonds. The van der Waals surface area contributed by atoms with Crippen LogP contribution in [-0.4, -0.2) is 18.0 Å². The Bertz CT molecular complexity index is 855. The molecule has 2 N–H and O–H groups in total. The van der Waals surface area contributed by atoms with Crippen molar-refractivity contribution < 1.29 is 22.8 Å². The molecular weight excluding hydrogens is 439 g/mol. The third-order valence-electron chi connectivity index (χ3n) is 2.99. The third kappa shape index (κ3) is 5.57. The van der Waals surface area contributed by atoms with E-state index in [2.05, 4.69) is 21.0 Å². The second kappa shape index (κ2) is 8.33. The number of hydrogen-bond acceptors (Lipinski definition) is 3. The fourth-order valence-corrected chi connectivity index (χ4v) is 2.26. The lowest BCUT2D eigenvalue weighted by Crippen LogP contribution is -2.32. The number of alkyl halides is 3. The first-order valence-electron chi connectivity index (χ1n) is 6.93. The Morgan fingerprint density at radius 3 is 2.35 bits per heavy atom. The van der Waals surface area contributed by atoms with Crippen molar-refractivity contribution in [2.24, 2.45) is 5.10 Å². The lowest BCUT2D eigenvalue weighted by atomic mass is 10.2. The second-order valence-electron chi connectivity index (χ2n) is 4.90. The van der Waals surface area contributed by atoms with Gasteiger partial charge < -0.3 is 5.32 Å². The highest BCUT2D eigenvalue weighted by atomic mass is 79.9. The van der Waals surface area contributed by atoms with Gasteiger partial charge in [0.15, 0.2) is 0 Å². The normalized spacial score (nSPS) is 11.4. The highest BCUT2D eigenvalue weighted by Gasteiger charge is 2.33. The van der Waals surface area contributed by atoms with Crippen molar-refractivity contribution in [3.05, 3.63) is 63.1 Å². The lowest BCUT2D eigenvalue weighted by molar-refractivity contribution is -0.137. The molecule has 136 valence electrons. The third-order valence-corrected chi connectivity index (χ3v) is 3.84. The van der Waals surface area contributed by atoms with Crippen LogP contribution in [0.15, 0.2) is 52.0 Å². The number of hydrazone groups is 1. The molecule has 0 unspecified atom stereocenters. The molecule has 2 rings (SSSR count). The Hall–Kier alpha value is -2.39. The summed E-state index contributed by atoms with van der Waals surface area (Å²) in [6.45, 7) is 0. The van der Waals surface area contributed by atoms with Gasteiger partial charge >= 0.3 is 18.0 Å². The van der Waals surface area contributed by atoms with Gasteiger partial charge in [-0.3, -0.25) is 9.59 Å². The number of nitrogens with zero attached hydrogens (tertiary/aromatic N) is 1. The largest absolute Gasteiger partial charge is 0.417 e. The summed E-state index contributed by atoms with van der Waals surface area (Å²) < 4.78 is 39.2. The number of rotatable bonds is 3. The quantitative estimate of drug-likeness (QED) is 0.419. The molecule has 0 heterocycles. The van der Waals surface area contributed by atoms with Crippen LogP contribution in [0.25, 0.3) is 0 Å². The highest BCUT2D eigenvalue weighted by Crippen LogP contribution is 2.36. The summed E-state index contributed by atoms with van der Waals surface area (Å²) in [4.78, 5) is 23.4. The van der Waals surface area contributed by atoms with E-state index in [9.17, 15) is 22.8 Å². The maximum Gasteiger partial charge on any atom is 0.417 e. The van der Waals surface area contributed by atoms with Crippen LogP contribution >= 0.6 is 27.5 Å². The maximum absolute atomic E-state index is 12.8. The molecule has 26 heavy (non-hydrogen) atoms. The van der Waals surface area contributed by atoms with Crippen LogP contribution < -0.4 is 10.7 Å². The van der Waals surface area contributed by atoms with Crippen molar-refractivity contribution in [3.63, 3.8) is 0 Å². The monoisotopic (exact) mass is 447 g/mol. The highest BCUT2D eigenvalue weighted by molar-refractivity contribution is 9.10. The summed E-state index contributed by atoms with van der Waals surface area (Å²) in [5.74, 6) is -2.31. The maximum atomic E-state index is 12.8. The molecule has 0 saturated carbocycles. The number of carbonyl (C=O) groups is 2. The number of carbonyl (C=O) groups excluding carboxylic acids is 2. The van der Waals surface area contributed by atoms with Gasteiger partial charge in [-0.2, -0.15) is 18.3 Å². The van der Waals surface area contributed by atoms with E-state index in [0.717, 1.165) is 16.6 Å². The zero-order chi connectivity index (χ0) is 19.3. The number of halogens is 5. The molecule has 0 atom stereocenters. The molecule has 0 aliphatic carbocycles. The second-order valence-corrected chi connectivity index (χ2v) is 6.22. The number of benzene rings is 2. The molecule has 0 fully saturated rings. The van der Waals surface area contributed by atoms with Crippen LogP contribution in [-0.2, 0) is 15.8 Å². The predicted octanol–water partition coefficient (Wildman–Crippen LogP) is 4.21. The van der Waals surface area contributed by atoms with E-state index in [1.54, 1.807) is 24.3 Å². The first-order valence-corrected chi connectivity index (χ1v) is 8.10. The number of amides is 2. The van der Waals surface area contributed by atoms with Gasteiger partial charge in [0.25, 0.3) is 0 Å². The van der Waals surface area contributed by atoms with Crippen molar-refractivity contribution >= 4 is 51.2 Å². The molecule has 0 radical (unpaired) electrons. The standard InChI is InChI=1S/C16H10BrClF3N3O2/c17-10-3-1-9(2-4-10)8-22-24-15(26)14(25)23-11-5-6-13(18)12(7-11)16(19,20)21/h1-8H,(H,23,25)(H,24,26)/b22-8-. The van der Waals surface area contributed by atoms with Crippen LogP contribution in [0.5, 0.6) is 0 Å². The fraction of sp³-hybridized carbons (Fsp3) is 0.0625. The van der Waals surface area contributed by atoms with Crippen molar-refractivity contribution in [3.8, 4) is 0 Å². The number of anilines is 1. The molecule has 0 aliphatic rings. The van der Waals surface area contributed by atoms with E-state index in [1.807, 2.05) is 10.7 Å². The van der Waals surface area contributed by atoms with E-state index < -0.39 is 28.6 Å². The van der Waals surface area contributed by atoms with Crippen LogP contribution in [0, 0.1) is 0 Å². The molecule has 10 heteroatoms. The lowest BCUT2D eigenvalue weighted by Gasteiger charge is -2.11. The average molecular weight is 449 g/mol. The zero-order valence-electron chi connectivity index (χ0n) is 12.8. The molecule has 0 spiro atoms. The van der Waals surface area contributed by atoms with Crippen molar-refractivity contribution in [2.75, 3.05) is 5.32 Å². The minimum Gasteiger partial charge on any atom is -0.318 e. The summed E-state index contributed by atoms with van der Waals surface area (Å²) in [6, 6.07) is 9.71. The van der Waals surface area contributed by atoms with E-state index >= 15 is 0 Å². The molecular formula is C16H10BrClF3N3O2. The molecule has 0 bridgehead atoms. The van der Waals surface area contributed by atoms with E-state index in [0.29, 0.717) is 11.6 Å². The van der Waals surface area contributed by atoms with E-state index in [-0.39, 0.29) is 5.69 Å². The summed E-state index contributed by atoms with van der Waals surface area (Å²) in [7, 11) is 0. The molecule has 5 nitrogen and oxygen atoms in total. The average Bonchev–Trinajstić information content (AvgIpc) is 2.57. The van der Waals surface area contributed by atoms with Crippen LogP contribution in [0.3, 0.4) is 0 Å². The Labute approximate surface area is 159 Å². The molecule has 2 aromatic rings. The first kappa shape index (κ1) is 19.9. The summed E-state index contributed by atoms with van der Waals surface area (Å²) in [5.41, 5.74) is 1.31. The Kier molecular flexibility index (Phi) is 6.38. The fourth-order valence-electron chi connectivity index (χ4n) is 1.77. The van der Waals surface area contributed by atoms with Crippen molar-refractivity contribution in [2.45, 2.75) is 6.18 Å². The van der Waals surface area contributed by atoms with Gasteiger partial charge in [0, 0.05) is 10.2 Å². The smallest absolute Gasteiger partial charge is 0.318 e. The van der Waals surface area contributed by atoms with Crippen LogP contribution in [0.4, 0.5) is 18.9 Å². The van der Waals surface area contributed by atoms with E-state index in [4.69, 9.17) is 11.6 Å². The van der Waals surface area contributed by atoms with Gasteiger partial charge in [0.2, 0.25) is 0 Å². The minimum atomic E-state index is -4.69. The Morgan fingerprint density at radius 1 is 1.08 bits per heavy atom. The Morgan fingerprint density at radius 2 is 1.73 bits per heavy atom. The molecule has 0 aliphatic heterocycles. The topological polar surface area (TPSA) is 70.6 Å². The van der Waals surface area contributed by atoms with E-state index in [1.165, 1.54) is 6.21 Å². The van der Waals surface area contributed by atoms with Crippen molar-refractivity contribution in [1.82, 2.24) is 5.43 Å². The minimum absolute atomic E-state index is 0.223. The van der Waals surface area contributed by atoms with Crippen molar-refractivity contribution in [1.29, 1.82) is 0 Å². The zero-order valence-corrected chi connectivity index (χ0v) is 15.1. The van der Waals surface area contributed by atoms with Gasteiger partial charge in [0.05, 0.1) is 16.8 Å². The first-order chi connectivity index (χ1) is 12.2. The van der Waals surface area contributed by atoms with Gasteiger partial charge in [-0.25, -0.2) is 5.43 Å². The van der Waals surface area contributed by atoms with Gasteiger partial charge in [-0.1, -0.05) is 39.7 Å².